The van der Waals surface area contributed by atoms with Gasteiger partial charge in [0.2, 0.25) is 5.91 Å². The molecule has 3 atom stereocenters. The average Bonchev–Trinajstić information content (AvgIpc) is 3.52. The van der Waals surface area contributed by atoms with E-state index in [9.17, 15) is 9.59 Å². The molecule has 0 spiro atoms. The highest BCUT2D eigenvalue weighted by Crippen LogP contribution is 2.32. The minimum atomic E-state index is -0.160. The van der Waals surface area contributed by atoms with E-state index in [0.717, 1.165) is 19.0 Å². The van der Waals surface area contributed by atoms with Gasteiger partial charge >= 0.3 is 0 Å². The summed E-state index contributed by atoms with van der Waals surface area (Å²) >= 11 is 0. The molecule has 1 saturated carbocycles. The number of nitrogens with one attached hydrogen (secondary N) is 1. The molecule has 1 heterocycles. The number of rotatable bonds is 4. The zero-order valence-electron chi connectivity index (χ0n) is 18.8. The third kappa shape index (κ3) is 5.73. The van der Waals surface area contributed by atoms with E-state index in [1.165, 1.54) is 19.8 Å². The van der Waals surface area contributed by atoms with Gasteiger partial charge in [0.15, 0.2) is 0 Å². The van der Waals surface area contributed by atoms with Crippen molar-refractivity contribution in [2.75, 3.05) is 45.7 Å². The van der Waals surface area contributed by atoms with Gasteiger partial charge in [0.1, 0.15) is 12.4 Å². The summed E-state index contributed by atoms with van der Waals surface area (Å²) in [5.41, 5.74) is 1.12. The molecule has 0 saturated heterocycles. The van der Waals surface area contributed by atoms with Gasteiger partial charge in [-0.1, -0.05) is 6.92 Å². The van der Waals surface area contributed by atoms with Crippen LogP contribution in [0.5, 0.6) is 5.75 Å². The zero-order chi connectivity index (χ0) is 21.8. The number of anilines is 1. The molecular formula is C23H35N3O4. The molecule has 0 bridgehead atoms. The first-order valence-corrected chi connectivity index (χ1v) is 10.8. The van der Waals surface area contributed by atoms with Crippen molar-refractivity contribution in [3.8, 4) is 5.75 Å². The van der Waals surface area contributed by atoms with Crippen molar-refractivity contribution in [3.05, 3.63) is 23.8 Å². The van der Waals surface area contributed by atoms with Crippen molar-refractivity contribution in [1.82, 2.24) is 9.80 Å². The lowest BCUT2D eigenvalue weighted by Crippen LogP contribution is -2.47. The zero-order valence-corrected chi connectivity index (χ0v) is 18.8. The monoisotopic (exact) mass is 417 g/mol. The van der Waals surface area contributed by atoms with E-state index in [1.807, 2.05) is 0 Å². The lowest BCUT2D eigenvalue weighted by Gasteiger charge is -2.36. The lowest BCUT2D eigenvalue weighted by molar-refractivity contribution is -0.114. The second-order valence-corrected chi connectivity index (χ2v) is 8.89. The Morgan fingerprint density at radius 1 is 1.27 bits per heavy atom. The Labute approximate surface area is 179 Å². The lowest BCUT2D eigenvalue weighted by atomic mass is 10.0. The number of likely N-dealkylation sites (N-methyl/N-ethyl adjacent to an activating group) is 1. The van der Waals surface area contributed by atoms with Crippen LogP contribution in [-0.4, -0.2) is 74.2 Å². The molecule has 7 heteroatoms. The Bertz CT molecular complexity index is 765. The van der Waals surface area contributed by atoms with Crippen LogP contribution in [0.2, 0.25) is 0 Å². The van der Waals surface area contributed by atoms with Crippen molar-refractivity contribution in [1.29, 1.82) is 0 Å². The molecule has 1 aliphatic heterocycles. The van der Waals surface area contributed by atoms with E-state index >= 15 is 0 Å². The first-order chi connectivity index (χ1) is 14.3. The van der Waals surface area contributed by atoms with E-state index in [2.05, 4.69) is 24.1 Å². The van der Waals surface area contributed by atoms with Crippen LogP contribution < -0.4 is 10.1 Å². The van der Waals surface area contributed by atoms with Crippen LogP contribution in [0.15, 0.2) is 18.2 Å². The molecule has 1 N–H and O–H groups in total. The normalized spacial score (nSPS) is 26.2. The molecule has 30 heavy (non-hydrogen) atoms. The summed E-state index contributed by atoms with van der Waals surface area (Å²) < 4.78 is 11.9. The minimum Gasteiger partial charge on any atom is -0.491 e. The maximum Gasteiger partial charge on any atom is 0.257 e. The van der Waals surface area contributed by atoms with Crippen molar-refractivity contribution >= 4 is 17.5 Å². The van der Waals surface area contributed by atoms with Crippen LogP contribution in [0.25, 0.3) is 0 Å². The minimum absolute atomic E-state index is 0.0460. The highest BCUT2D eigenvalue weighted by atomic mass is 16.5. The number of carbonyl (C=O) groups is 2. The van der Waals surface area contributed by atoms with E-state index in [1.54, 1.807) is 37.3 Å². The van der Waals surface area contributed by atoms with Gasteiger partial charge in [-0.15, -0.1) is 0 Å². The van der Waals surface area contributed by atoms with E-state index in [-0.39, 0.29) is 29.9 Å². The molecule has 2 aliphatic rings. The third-order valence-corrected chi connectivity index (χ3v) is 6.09. The topological polar surface area (TPSA) is 71.1 Å². The molecule has 0 radical (unpaired) electrons. The Hall–Kier alpha value is -2.12. The van der Waals surface area contributed by atoms with Crippen LogP contribution in [-0.2, 0) is 9.53 Å². The van der Waals surface area contributed by atoms with Crippen molar-refractivity contribution in [3.63, 3.8) is 0 Å². The summed E-state index contributed by atoms with van der Waals surface area (Å²) in [6.07, 6.45) is 2.55. The standard InChI is InChI=1S/C23H35N3O4/c1-15-11-26(12-18-6-7-18)16(2)14-30-21-10-19(24-17(3)27)8-9-20(21)23(28)25(4)13-22(15)29-5/h8-10,15-16,18,22H,6-7,11-14H2,1-5H3,(H,24,27)/t15-,16-,22+/m0/s1. The summed E-state index contributed by atoms with van der Waals surface area (Å²) in [7, 11) is 3.51. The maximum atomic E-state index is 13.1. The Morgan fingerprint density at radius 2 is 2.00 bits per heavy atom. The van der Waals surface area contributed by atoms with Gasteiger partial charge in [-0.05, 0) is 43.7 Å². The Balaban J connectivity index is 1.91. The fourth-order valence-electron chi connectivity index (χ4n) is 4.01. The summed E-state index contributed by atoms with van der Waals surface area (Å²) in [6.45, 7) is 8.79. The van der Waals surface area contributed by atoms with Gasteiger partial charge in [-0.3, -0.25) is 14.5 Å². The van der Waals surface area contributed by atoms with Crippen molar-refractivity contribution in [2.24, 2.45) is 11.8 Å². The van der Waals surface area contributed by atoms with Crippen LogP contribution in [0.1, 0.15) is 44.0 Å². The molecule has 0 unspecified atom stereocenters. The molecule has 166 valence electrons. The molecule has 7 nitrogen and oxygen atoms in total. The maximum absolute atomic E-state index is 13.1. The highest BCUT2D eigenvalue weighted by Gasteiger charge is 2.31. The van der Waals surface area contributed by atoms with Crippen LogP contribution >= 0.6 is 0 Å². The predicted molar refractivity (Wildman–Crippen MR) is 117 cm³/mol. The van der Waals surface area contributed by atoms with Crippen LogP contribution in [0, 0.1) is 11.8 Å². The van der Waals surface area contributed by atoms with Crippen LogP contribution in [0.3, 0.4) is 0 Å². The molecular weight excluding hydrogens is 382 g/mol. The number of benzene rings is 1. The molecule has 1 aromatic rings. The number of hydrogen-bond donors (Lipinski definition) is 1. The van der Waals surface area contributed by atoms with Gasteiger partial charge in [0.05, 0.1) is 11.7 Å². The molecule has 1 aromatic carbocycles. The molecule has 0 aromatic heterocycles. The summed E-state index contributed by atoms with van der Waals surface area (Å²) in [6, 6.07) is 5.40. The molecule has 1 fully saturated rings. The SMILES string of the molecule is CO[C@@H]1CN(C)C(=O)c2ccc(NC(C)=O)cc2OC[C@H](C)N(CC2CC2)C[C@@H]1C. The Kier molecular flexibility index (Phi) is 7.36. The number of carbonyl (C=O) groups excluding carboxylic acids is 2. The number of ether oxygens (including phenoxy) is 2. The fraction of sp³-hybridized carbons (Fsp3) is 0.652. The van der Waals surface area contributed by atoms with Gasteiger partial charge in [-0.2, -0.15) is 0 Å². The number of methoxy groups -OCH3 is 1. The first kappa shape index (κ1) is 22.6. The van der Waals surface area contributed by atoms with E-state index in [4.69, 9.17) is 9.47 Å². The molecule has 2 amide bonds. The first-order valence-electron chi connectivity index (χ1n) is 10.8. The average molecular weight is 418 g/mol. The molecule has 1 aliphatic carbocycles. The van der Waals surface area contributed by atoms with Crippen molar-refractivity contribution < 1.29 is 19.1 Å². The molecule has 3 rings (SSSR count). The van der Waals surface area contributed by atoms with Gasteiger partial charge in [-0.25, -0.2) is 0 Å². The largest absolute Gasteiger partial charge is 0.491 e. The van der Waals surface area contributed by atoms with Gasteiger partial charge in [0.25, 0.3) is 5.91 Å². The van der Waals surface area contributed by atoms with Gasteiger partial charge in [0, 0.05) is 58.5 Å². The number of amides is 2. The smallest absolute Gasteiger partial charge is 0.257 e. The Morgan fingerprint density at radius 3 is 2.63 bits per heavy atom. The second kappa shape index (κ2) is 9.79. The highest BCUT2D eigenvalue weighted by molar-refractivity contribution is 5.98. The van der Waals surface area contributed by atoms with E-state index < -0.39 is 0 Å². The predicted octanol–water partition coefficient (Wildman–Crippen LogP) is 2.86. The summed E-state index contributed by atoms with van der Waals surface area (Å²) in [5.74, 6) is 1.28. The third-order valence-electron chi connectivity index (χ3n) is 6.09. The number of hydrogen-bond acceptors (Lipinski definition) is 5. The van der Waals surface area contributed by atoms with Crippen molar-refractivity contribution in [2.45, 2.75) is 45.8 Å². The van der Waals surface area contributed by atoms with Gasteiger partial charge < -0.3 is 19.7 Å². The second-order valence-electron chi connectivity index (χ2n) is 8.89. The number of nitrogens with zero attached hydrogens (tertiary/aromatic N) is 2. The fourth-order valence-corrected chi connectivity index (χ4v) is 4.01. The van der Waals surface area contributed by atoms with E-state index in [0.29, 0.717) is 30.2 Å². The quantitative estimate of drug-likeness (QED) is 0.816. The van der Waals surface area contributed by atoms with Crippen LogP contribution in [0.4, 0.5) is 5.69 Å². The number of fused-ring (bicyclic) bond motifs is 1. The summed E-state index contributed by atoms with van der Waals surface area (Å²) in [4.78, 5) is 28.8. The summed E-state index contributed by atoms with van der Waals surface area (Å²) in [5, 5.41) is 2.77.